The van der Waals surface area contributed by atoms with Crippen LogP contribution in [0.15, 0.2) is 0 Å². The average Bonchev–Trinajstić information content (AvgIpc) is 3.68. The Bertz CT molecular complexity index is 1720. The number of rotatable bonds is 66. The molecule has 0 rings (SSSR count). The van der Waals surface area contributed by atoms with E-state index < -0.39 is 97.5 Å². The smallest absolute Gasteiger partial charge is 0.462 e. The van der Waals surface area contributed by atoms with Gasteiger partial charge in [-0.15, -0.1) is 0 Å². The SMILES string of the molecule is CCCCCCCCCCCCC(=O)O[C@H](COC(=O)CCCCCCCCC(C)C)COP(=O)(O)OC[C@H](O)COP(=O)(O)OC[C@@H](COC(=O)CCCCCCCCCC(C)C)OC(=O)CCCCCCCCCCCCCCCCCC(C)C. The number of hydrogen-bond acceptors (Lipinski definition) is 15. The van der Waals surface area contributed by atoms with Crippen molar-refractivity contribution in [2.75, 3.05) is 39.6 Å². The van der Waals surface area contributed by atoms with Crippen molar-refractivity contribution in [3.63, 3.8) is 0 Å². The summed E-state index contributed by atoms with van der Waals surface area (Å²) < 4.78 is 68.1. The molecular formula is C68H132O17P2. The summed E-state index contributed by atoms with van der Waals surface area (Å²) >= 11 is 0. The maximum Gasteiger partial charge on any atom is 0.472 e. The molecule has 0 aliphatic heterocycles. The van der Waals surface area contributed by atoms with Crippen LogP contribution in [0.2, 0.25) is 0 Å². The summed E-state index contributed by atoms with van der Waals surface area (Å²) in [7, 11) is -9.89. The molecule has 0 aliphatic carbocycles. The zero-order chi connectivity index (χ0) is 64.5. The largest absolute Gasteiger partial charge is 0.472 e. The maximum absolute atomic E-state index is 13.0. The van der Waals surface area contributed by atoms with Gasteiger partial charge in [0.05, 0.1) is 26.4 Å². The summed E-state index contributed by atoms with van der Waals surface area (Å²) in [6.07, 6.45) is 41.9. The predicted octanol–water partition coefficient (Wildman–Crippen LogP) is 19.1. The number of carbonyl (C=O) groups excluding carboxylic acids is 4. The highest BCUT2D eigenvalue weighted by atomic mass is 31.2. The van der Waals surface area contributed by atoms with Gasteiger partial charge in [0.2, 0.25) is 0 Å². The van der Waals surface area contributed by atoms with Crippen LogP contribution in [-0.2, 0) is 65.4 Å². The first-order chi connectivity index (χ1) is 41.7. The van der Waals surface area contributed by atoms with Gasteiger partial charge >= 0.3 is 39.5 Å². The van der Waals surface area contributed by atoms with Gasteiger partial charge < -0.3 is 33.8 Å². The van der Waals surface area contributed by atoms with Crippen LogP contribution in [-0.4, -0.2) is 96.7 Å². The van der Waals surface area contributed by atoms with Crippen molar-refractivity contribution in [1.29, 1.82) is 0 Å². The predicted molar refractivity (Wildman–Crippen MR) is 349 cm³/mol. The van der Waals surface area contributed by atoms with Crippen molar-refractivity contribution in [2.45, 2.75) is 356 Å². The van der Waals surface area contributed by atoms with Crippen molar-refractivity contribution in [2.24, 2.45) is 17.8 Å². The number of aliphatic hydroxyl groups is 1. The highest BCUT2D eigenvalue weighted by molar-refractivity contribution is 7.47. The molecule has 0 aromatic rings. The van der Waals surface area contributed by atoms with Crippen molar-refractivity contribution < 1.29 is 80.2 Å². The Labute approximate surface area is 530 Å². The lowest BCUT2D eigenvalue weighted by atomic mass is 10.0. The van der Waals surface area contributed by atoms with Gasteiger partial charge in [-0.2, -0.15) is 0 Å². The van der Waals surface area contributed by atoms with Gasteiger partial charge in [-0.05, 0) is 43.4 Å². The number of carbonyl (C=O) groups is 4. The third-order valence-electron chi connectivity index (χ3n) is 15.6. The van der Waals surface area contributed by atoms with Crippen molar-refractivity contribution >= 4 is 39.5 Å². The van der Waals surface area contributed by atoms with Crippen LogP contribution in [0.4, 0.5) is 0 Å². The number of ether oxygens (including phenoxy) is 4. The lowest BCUT2D eigenvalue weighted by Gasteiger charge is -2.21. The second-order valence-corrected chi connectivity index (χ2v) is 28.9. The molecule has 0 aromatic carbocycles. The van der Waals surface area contributed by atoms with Gasteiger partial charge in [0.1, 0.15) is 19.3 Å². The molecule has 3 N–H and O–H groups in total. The van der Waals surface area contributed by atoms with Crippen LogP contribution in [0.5, 0.6) is 0 Å². The minimum absolute atomic E-state index is 0.105. The highest BCUT2D eigenvalue weighted by Crippen LogP contribution is 2.45. The van der Waals surface area contributed by atoms with Crippen LogP contribution in [0.1, 0.15) is 337 Å². The molecule has 0 aromatic heterocycles. The monoisotopic (exact) mass is 1280 g/mol. The second kappa shape index (κ2) is 59.1. The lowest BCUT2D eigenvalue weighted by molar-refractivity contribution is -0.161. The summed E-state index contributed by atoms with van der Waals surface area (Å²) in [5.74, 6) is 0.0549. The van der Waals surface area contributed by atoms with Gasteiger partial charge in [-0.3, -0.25) is 37.3 Å². The van der Waals surface area contributed by atoms with Crippen LogP contribution in [0.3, 0.4) is 0 Å². The van der Waals surface area contributed by atoms with E-state index in [1.54, 1.807) is 0 Å². The van der Waals surface area contributed by atoms with Gasteiger partial charge in [-0.1, -0.05) is 286 Å². The van der Waals surface area contributed by atoms with Crippen LogP contribution >= 0.6 is 15.6 Å². The number of phosphoric acid groups is 2. The van der Waals surface area contributed by atoms with E-state index >= 15 is 0 Å². The number of esters is 4. The molecule has 0 fully saturated rings. The summed E-state index contributed by atoms with van der Waals surface area (Å²) in [5.41, 5.74) is 0. The molecule has 0 saturated heterocycles. The minimum Gasteiger partial charge on any atom is -0.462 e. The molecule has 0 saturated carbocycles. The van der Waals surface area contributed by atoms with Crippen molar-refractivity contribution in [3.05, 3.63) is 0 Å². The van der Waals surface area contributed by atoms with Crippen LogP contribution in [0.25, 0.3) is 0 Å². The fraction of sp³-hybridized carbons (Fsp3) is 0.941. The first kappa shape index (κ1) is 85.1. The van der Waals surface area contributed by atoms with Crippen LogP contribution in [0, 0.1) is 17.8 Å². The minimum atomic E-state index is -4.95. The standard InChI is InChI=1S/C68H132O17P2/c1-8-9-10-11-12-13-22-27-37-44-51-67(72)85-64(56-79-66(71)50-43-36-31-30-34-41-48-61(6)7)58-83-87(76,77)81-54-62(69)53-80-86(74,75)82-57-63(55-78-65(70)49-42-35-29-24-26-33-40-47-60(4)5)84-68(73)52-45-38-28-23-20-18-16-14-15-17-19-21-25-32-39-46-59(2)3/h59-64,69H,8-58H2,1-7H3,(H,74,75)(H,76,77)/t62-,63-,64-/m1/s1. The van der Waals surface area contributed by atoms with Gasteiger partial charge in [-0.25, -0.2) is 9.13 Å². The maximum atomic E-state index is 13.0. The fourth-order valence-corrected chi connectivity index (χ4v) is 11.8. The zero-order valence-electron chi connectivity index (χ0n) is 56.5. The van der Waals surface area contributed by atoms with Gasteiger partial charge in [0.15, 0.2) is 12.2 Å². The Kier molecular flexibility index (Phi) is 57.8. The van der Waals surface area contributed by atoms with E-state index in [9.17, 15) is 43.2 Å². The molecule has 0 heterocycles. The second-order valence-electron chi connectivity index (χ2n) is 26.0. The molecule has 0 spiro atoms. The summed E-state index contributed by atoms with van der Waals surface area (Å²) in [6, 6.07) is 0. The normalized spacial score (nSPS) is 14.3. The summed E-state index contributed by atoms with van der Waals surface area (Å²) in [4.78, 5) is 72.3. The van der Waals surface area contributed by atoms with E-state index in [-0.39, 0.29) is 25.7 Å². The first-order valence-corrected chi connectivity index (χ1v) is 38.3. The number of hydrogen-bond donors (Lipinski definition) is 3. The molecule has 19 heteroatoms. The summed E-state index contributed by atoms with van der Waals surface area (Å²) in [6.45, 7) is 11.7. The summed E-state index contributed by atoms with van der Waals surface area (Å²) in [5, 5.41) is 10.6. The van der Waals surface area contributed by atoms with E-state index in [0.717, 1.165) is 109 Å². The van der Waals surface area contributed by atoms with Gasteiger partial charge in [0.25, 0.3) is 0 Å². The van der Waals surface area contributed by atoms with Gasteiger partial charge in [0, 0.05) is 25.7 Å². The Morgan fingerprint density at radius 2 is 0.529 bits per heavy atom. The lowest BCUT2D eigenvalue weighted by Crippen LogP contribution is -2.30. The third kappa shape index (κ3) is 62.6. The average molecular weight is 1280 g/mol. The number of unbranched alkanes of at least 4 members (excludes halogenated alkanes) is 34. The van der Waals surface area contributed by atoms with E-state index in [4.69, 9.17) is 37.0 Å². The Morgan fingerprint density at radius 3 is 0.782 bits per heavy atom. The molecular weight excluding hydrogens is 1150 g/mol. The fourth-order valence-electron chi connectivity index (χ4n) is 10.2. The molecule has 5 atom stereocenters. The first-order valence-electron chi connectivity index (χ1n) is 35.3. The van der Waals surface area contributed by atoms with Crippen LogP contribution < -0.4 is 0 Å². The highest BCUT2D eigenvalue weighted by Gasteiger charge is 2.30. The molecule has 516 valence electrons. The van der Waals surface area contributed by atoms with Crippen molar-refractivity contribution in [3.8, 4) is 0 Å². The molecule has 0 bridgehead atoms. The Balaban J connectivity index is 5.19. The zero-order valence-corrected chi connectivity index (χ0v) is 58.3. The molecule has 17 nitrogen and oxygen atoms in total. The third-order valence-corrected chi connectivity index (χ3v) is 17.5. The van der Waals surface area contributed by atoms with E-state index in [1.165, 1.54) is 135 Å². The Hall–Kier alpha value is -1.94. The van der Waals surface area contributed by atoms with Crippen molar-refractivity contribution in [1.82, 2.24) is 0 Å². The molecule has 0 amide bonds. The van der Waals surface area contributed by atoms with E-state index in [1.807, 2.05) is 0 Å². The quantitative estimate of drug-likeness (QED) is 0.0222. The molecule has 0 aliphatic rings. The molecule has 87 heavy (non-hydrogen) atoms. The Morgan fingerprint density at radius 1 is 0.310 bits per heavy atom. The molecule has 2 unspecified atom stereocenters. The number of aliphatic hydroxyl groups excluding tert-OH is 1. The van der Waals surface area contributed by atoms with E-state index in [0.29, 0.717) is 37.5 Å². The molecule has 0 radical (unpaired) electrons. The topological polar surface area (TPSA) is 237 Å². The number of phosphoric ester groups is 2. The van der Waals surface area contributed by atoms with E-state index in [2.05, 4.69) is 48.5 Å².